The maximum Gasteiger partial charge on any atom is 0.272 e. The molecule has 0 aliphatic rings. The third-order valence-electron chi connectivity index (χ3n) is 2.48. The summed E-state index contributed by atoms with van der Waals surface area (Å²) in [5.41, 5.74) is 1.16. The van der Waals surface area contributed by atoms with Gasteiger partial charge in [0, 0.05) is 11.9 Å². The van der Waals surface area contributed by atoms with Crippen LogP contribution in [0.25, 0.3) is 0 Å². The number of benzene rings is 1. The van der Waals surface area contributed by atoms with Crippen molar-refractivity contribution in [3.05, 3.63) is 47.0 Å². The number of carbonyl (C=O) groups is 1. The molecule has 0 fully saturated rings. The van der Waals surface area contributed by atoms with E-state index in [2.05, 4.69) is 14.9 Å². The first-order valence-electron chi connectivity index (χ1n) is 5.55. The summed E-state index contributed by atoms with van der Waals surface area (Å²) in [5.74, 6) is -0.260. The highest BCUT2D eigenvalue weighted by Crippen LogP contribution is 2.14. The van der Waals surface area contributed by atoms with Crippen LogP contribution in [-0.4, -0.2) is 27.1 Å². The van der Waals surface area contributed by atoms with Crippen molar-refractivity contribution in [2.75, 3.05) is 6.54 Å². The van der Waals surface area contributed by atoms with Gasteiger partial charge in [-0.25, -0.2) is 0 Å². The van der Waals surface area contributed by atoms with Crippen LogP contribution < -0.4 is 5.32 Å². The van der Waals surface area contributed by atoms with Gasteiger partial charge in [0.25, 0.3) is 5.91 Å². The fraction of sp³-hybridized carbons (Fsp3) is 0.250. The number of aliphatic hydroxyl groups excluding tert-OH is 1. The van der Waals surface area contributed by atoms with Crippen molar-refractivity contribution in [1.82, 2.24) is 14.9 Å². The van der Waals surface area contributed by atoms with Crippen LogP contribution in [0.15, 0.2) is 35.7 Å². The molecule has 0 aliphatic heterocycles. The van der Waals surface area contributed by atoms with E-state index in [1.54, 1.807) is 5.38 Å². The highest BCUT2D eigenvalue weighted by atomic mass is 32.1. The van der Waals surface area contributed by atoms with Crippen molar-refractivity contribution in [2.24, 2.45) is 0 Å². The third-order valence-corrected chi connectivity index (χ3v) is 2.98. The Morgan fingerprint density at radius 2 is 2.17 bits per heavy atom. The molecule has 1 unspecified atom stereocenters. The summed E-state index contributed by atoms with van der Waals surface area (Å²) >= 11 is 1.13. The SMILES string of the molecule is O=C(NCCC(O)c1ccccc1)c1csnn1. The molecule has 94 valence electrons. The molecule has 18 heavy (non-hydrogen) atoms. The molecule has 1 amide bonds. The molecule has 2 aromatic rings. The Hall–Kier alpha value is -1.79. The van der Waals surface area contributed by atoms with Gasteiger partial charge in [-0.2, -0.15) is 0 Å². The van der Waals surface area contributed by atoms with E-state index in [1.165, 1.54) is 0 Å². The lowest BCUT2D eigenvalue weighted by atomic mass is 10.1. The maximum atomic E-state index is 11.5. The number of aromatic nitrogens is 2. The Bertz CT molecular complexity index is 487. The molecule has 0 saturated carbocycles. The number of rotatable bonds is 5. The van der Waals surface area contributed by atoms with Gasteiger partial charge < -0.3 is 10.4 Å². The van der Waals surface area contributed by atoms with Crippen LogP contribution in [0, 0.1) is 0 Å². The van der Waals surface area contributed by atoms with Gasteiger partial charge in [0.05, 0.1) is 6.10 Å². The Balaban J connectivity index is 1.77. The molecule has 6 heteroatoms. The number of nitrogens with zero attached hydrogens (tertiary/aromatic N) is 2. The number of hydrogen-bond donors (Lipinski definition) is 2. The van der Waals surface area contributed by atoms with Crippen molar-refractivity contribution in [3.63, 3.8) is 0 Å². The molecular formula is C12H13N3O2S. The van der Waals surface area contributed by atoms with E-state index in [-0.39, 0.29) is 5.91 Å². The van der Waals surface area contributed by atoms with E-state index >= 15 is 0 Å². The molecule has 0 radical (unpaired) electrons. The highest BCUT2D eigenvalue weighted by molar-refractivity contribution is 7.03. The van der Waals surface area contributed by atoms with E-state index < -0.39 is 6.10 Å². The Labute approximate surface area is 109 Å². The van der Waals surface area contributed by atoms with Crippen molar-refractivity contribution in [1.29, 1.82) is 0 Å². The van der Waals surface area contributed by atoms with Crippen LogP contribution >= 0.6 is 11.5 Å². The predicted molar refractivity (Wildman–Crippen MR) is 68.3 cm³/mol. The third kappa shape index (κ3) is 3.35. The molecule has 1 aromatic heterocycles. The number of amides is 1. The van der Waals surface area contributed by atoms with Crippen molar-refractivity contribution in [3.8, 4) is 0 Å². The lowest BCUT2D eigenvalue weighted by Crippen LogP contribution is -2.25. The van der Waals surface area contributed by atoms with E-state index in [1.807, 2.05) is 30.3 Å². The largest absolute Gasteiger partial charge is 0.388 e. The lowest BCUT2D eigenvalue weighted by molar-refractivity contribution is 0.0937. The van der Waals surface area contributed by atoms with Gasteiger partial charge in [-0.05, 0) is 23.5 Å². The zero-order valence-electron chi connectivity index (χ0n) is 9.61. The molecule has 2 N–H and O–H groups in total. The number of hydrogen-bond acceptors (Lipinski definition) is 5. The van der Waals surface area contributed by atoms with Gasteiger partial charge >= 0.3 is 0 Å². The summed E-state index contributed by atoms with van der Waals surface area (Å²) in [6.45, 7) is 0.395. The molecule has 0 spiro atoms. The maximum absolute atomic E-state index is 11.5. The second-order valence-electron chi connectivity index (χ2n) is 3.76. The van der Waals surface area contributed by atoms with Gasteiger partial charge in [0.1, 0.15) is 0 Å². The summed E-state index contributed by atoms with van der Waals surface area (Å²) in [4.78, 5) is 11.5. The first kappa shape index (κ1) is 12.7. The minimum atomic E-state index is -0.569. The molecule has 0 aliphatic carbocycles. The van der Waals surface area contributed by atoms with Crippen LogP contribution in [0.3, 0.4) is 0 Å². The standard InChI is InChI=1S/C12H13N3O2S/c16-11(9-4-2-1-3-5-9)6-7-13-12(17)10-8-18-15-14-10/h1-5,8,11,16H,6-7H2,(H,13,17). The Morgan fingerprint density at radius 1 is 1.39 bits per heavy atom. The fourth-order valence-electron chi connectivity index (χ4n) is 1.52. The Kier molecular flexibility index (Phi) is 4.38. The van der Waals surface area contributed by atoms with Crippen molar-refractivity contribution in [2.45, 2.75) is 12.5 Å². The summed E-state index contributed by atoms with van der Waals surface area (Å²) in [5, 5.41) is 17.8. The number of nitrogens with one attached hydrogen (secondary N) is 1. The molecule has 0 bridgehead atoms. The Morgan fingerprint density at radius 3 is 2.83 bits per heavy atom. The first-order chi connectivity index (χ1) is 8.77. The van der Waals surface area contributed by atoms with Crippen molar-refractivity contribution >= 4 is 17.4 Å². The minimum absolute atomic E-state index is 0.260. The van der Waals surface area contributed by atoms with Crippen LogP contribution in [0.2, 0.25) is 0 Å². The van der Waals surface area contributed by atoms with E-state index in [0.29, 0.717) is 18.7 Å². The van der Waals surface area contributed by atoms with Gasteiger partial charge in [-0.1, -0.05) is 34.8 Å². The first-order valence-corrected chi connectivity index (χ1v) is 6.39. The molecular weight excluding hydrogens is 250 g/mol. The second-order valence-corrected chi connectivity index (χ2v) is 4.37. The summed E-state index contributed by atoms with van der Waals surface area (Å²) in [6, 6.07) is 9.36. The zero-order valence-corrected chi connectivity index (χ0v) is 10.4. The van der Waals surface area contributed by atoms with Gasteiger partial charge in [-0.15, -0.1) is 5.10 Å². The monoisotopic (exact) mass is 263 g/mol. The quantitative estimate of drug-likeness (QED) is 0.855. The molecule has 1 heterocycles. The minimum Gasteiger partial charge on any atom is -0.388 e. The topological polar surface area (TPSA) is 75.1 Å². The van der Waals surface area contributed by atoms with Gasteiger partial charge in [-0.3, -0.25) is 4.79 Å². The number of carbonyl (C=O) groups excluding carboxylic acids is 1. The lowest BCUT2D eigenvalue weighted by Gasteiger charge is -2.10. The van der Waals surface area contributed by atoms with Crippen LogP contribution in [0.4, 0.5) is 0 Å². The highest BCUT2D eigenvalue weighted by Gasteiger charge is 2.10. The molecule has 0 saturated heterocycles. The molecule has 1 aromatic carbocycles. The van der Waals surface area contributed by atoms with Crippen LogP contribution in [0.1, 0.15) is 28.6 Å². The molecule has 2 rings (SSSR count). The summed E-state index contributed by atoms with van der Waals surface area (Å²) in [7, 11) is 0. The average Bonchev–Trinajstić information content (AvgIpc) is 2.93. The van der Waals surface area contributed by atoms with Gasteiger partial charge in [0.15, 0.2) is 5.69 Å². The average molecular weight is 263 g/mol. The van der Waals surface area contributed by atoms with E-state index in [9.17, 15) is 9.90 Å². The van der Waals surface area contributed by atoms with Crippen LogP contribution in [0.5, 0.6) is 0 Å². The fourth-order valence-corrected chi connectivity index (χ4v) is 1.95. The zero-order chi connectivity index (χ0) is 12.8. The normalized spacial score (nSPS) is 12.1. The van der Waals surface area contributed by atoms with Gasteiger partial charge in [0.2, 0.25) is 0 Å². The molecule has 1 atom stereocenters. The van der Waals surface area contributed by atoms with Crippen molar-refractivity contribution < 1.29 is 9.90 Å². The van der Waals surface area contributed by atoms with E-state index in [0.717, 1.165) is 17.1 Å². The molecule has 5 nitrogen and oxygen atoms in total. The second kappa shape index (κ2) is 6.23. The summed E-state index contributed by atoms with van der Waals surface area (Å²) in [6.07, 6.45) is -0.104. The summed E-state index contributed by atoms with van der Waals surface area (Å²) < 4.78 is 3.62. The predicted octanol–water partition coefficient (Wildman–Crippen LogP) is 1.39. The smallest absolute Gasteiger partial charge is 0.272 e. The van der Waals surface area contributed by atoms with Crippen LogP contribution in [-0.2, 0) is 0 Å². The van der Waals surface area contributed by atoms with E-state index in [4.69, 9.17) is 0 Å². The number of aliphatic hydroxyl groups is 1.